The van der Waals surface area contributed by atoms with E-state index >= 15 is 0 Å². The molecule has 0 aromatic carbocycles. The van der Waals surface area contributed by atoms with Crippen LogP contribution in [0.2, 0.25) is 0 Å². The molecule has 1 N–H and O–H groups in total. The largest absolute Gasteiger partial charge is 0.472 e. The van der Waals surface area contributed by atoms with Crippen LogP contribution in [0.4, 0.5) is 8.78 Å². The van der Waals surface area contributed by atoms with Crippen LogP contribution >= 0.6 is 0 Å². The number of nitrogens with one attached hydrogen (secondary N) is 1. The summed E-state index contributed by atoms with van der Waals surface area (Å²) in [5.74, 6) is 0.264. The molecule has 0 amide bonds. The van der Waals surface area contributed by atoms with Gasteiger partial charge < -0.3 is 10.1 Å². The lowest BCUT2D eigenvalue weighted by molar-refractivity contribution is 0.0793. The van der Waals surface area contributed by atoms with Crippen molar-refractivity contribution in [1.29, 1.82) is 0 Å². The molecule has 0 aliphatic heterocycles. The number of aromatic nitrogens is 1. The highest BCUT2D eigenvalue weighted by Crippen LogP contribution is 2.24. The molecule has 19 heavy (non-hydrogen) atoms. The van der Waals surface area contributed by atoms with E-state index in [1.54, 1.807) is 6.07 Å². The molecule has 0 radical (unpaired) electrons. The summed E-state index contributed by atoms with van der Waals surface area (Å²) in [5.41, 5.74) is 1.68. The molecule has 108 valence electrons. The van der Waals surface area contributed by atoms with Crippen molar-refractivity contribution in [3.8, 4) is 5.88 Å². The number of ether oxygens (including phenoxy) is 1. The zero-order valence-corrected chi connectivity index (χ0v) is 12.0. The lowest BCUT2D eigenvalue weighted by Crippen LogP contribution is -2.18. The number of alkyl halides is 2. The van der Waals surface area contributed by atoms with E-state index in [1.165, 1.54) is 0 Å². The fraction of sp³-hybridized carbons (Fsp3) is 0.643. The van der Waals surface area contributed by atoms with Crippen molar-refractivity contribution < 1.29 is 13.5 Å². The number of rotatable bonds is 6. The second-order valence-electron chi connectivity index (χ2n) is 5.43. The minimum Gasteiger partial charge on any atom is -0.472 e. The zero-order chi connectivity index (χ0) is 14.5. The minimum absolute atomic E-state index is 0.148. The Kier molecular flexibility index (Phi) is 5.66. The van der Waals surface area contributed by atoms with E-state index in [2.05, 4.69) is 10.3 Å². The Morgan fingerprint density at radius 3 is 2.53 bits per heavy atom. The smallest absolute Gasteiger partial charge is 0.272 e. The molecule has 1 aromatic rings. The third kappa shape index (κ3) is 5.51. The lowest BCUT2D eigenvalue weighted by Gasteiger charge is -2.20. The fourth-order valence-electron chi connectivity index (χ4n) is 1.54. The molecule has 0 aliphatic rings. The second-order valence-corrected chi connectivity index (χ2v) is 5.43. The van der Waals surface area contributed by atoms with Gasteiger partial charge in [-0.1, -0.05) is 27.7 Å². The molecular formula is C14H22F2N2O. The van der Waals surface area contributed by atoms with E-state index in [1.807, 2.05) is 33.8 Å². The quantitative estimate of drug-likeness (QED) is 0.864. The van der Waals surface area contributed by atoms with Crippen molar-refractivity contribution in [2.24, 2.45) is 0 Å². The van der Waals surface area contributed by atoms with Gasteiger partial charge in [0.25, 0.3) is 6.43 Å². The predicted octanol–water partition coefficient (Wildman–Crippen LogP) is 3.13. The van der Waals surface area contributed by atoms with E-state index in [4.69, 9.17) is 4.74 Å². The Balaban J connectivity index is 2.95. The van der Waals surface area contributed by atoms with E-state index < -0.39 is 13.0 Å². The highest BCUT2D eigenvalue weighted by atomic mass is 19.3. The first-order chi connectivity index (χ1) is 8.82. The highest BCUT2D eigenvalue weighted by molar-refractivity contribution is 5.28. The van der Waals surface area contributed by atoms with Crippen LogP contribution in [-0.4, -0.2) is 24.6 Å². The van der Waals surface area contributed by atoms with Crippen molar-refractivity contribution in [2.45, 2.75) is 46.1 Å². The first-order valence-corrected chi connectivity index (χ1v) is 6.46. The van der Waals surface area contributed by atoms with Crippen LogP contribution in [0.25, 0.3) is 0 Å². The summed E-state index contributed by atoms with van der Waals surface area (Å²) in [4.78, 5) is 4.30. The van der Waals surface area contributed by atoms with Gasteiger partial charge in [0, 0.05) is 18.0 Å². The molecule has 0 atom stereocenters. The van der Waals surface area contributed by atoms with Crippen molar-refractivity contribution >= 4 is 0 Å². The van der Waals surface area contributed by atoms with E-state index in [0.29, 0.717) is 6.54 Å². The van der Waals surface area contributed by atoms with Gasteiger partial charge in [0.1, 0.15) is 0 Å². The van der Waals surface area contributed by atoms with Gasteiger partial charge in [0.15, 0.2) is 6.61 Å². The van der Waals surface area contributed by atoms with Crippen LogP contribution in [-0.2, 0) is 12.0 Å². The Labute approximate surface area is 113 Å². The maximum Gasteiger partial charge on any atom is 0.272 e. The van der Waals surface area contributed by atoms with Crippen LogP contribution in [0.3, 0.4) is 0 Å². The Bertz CT molecular complexity index is 403. The molecule has 0 spiro atoms. The first kappa shape index (κ1) is 15.8. The summed E-state index contributed by atoms with van der Waals surface area (Å²) in [6.07, 6.45) is -2.49. The number of hydrogen-bond donors (Lipinski definition) is 1. The molecule has 1 rings (SSSR count). The van der Waals surface area contributed by atoms with Crippen LogP contribution in [0.15, 0.2) is 12.1 Å². The maximum atomic E-state index is 12.2. The third-order valence-electron chi connectivity index (χ3n) is 2.57. The summed E-state index contributed by atoms with van der Waals surface area (Å²) in [6.45, 7) is 9.00. The average Bonchev–Trinajstić information content (AvgIpc) is 2.32. The average molecular weight is 272 g/mol. The van der Waals surface area contributed by atoms with Gasteiger partial charge in [-0.15, -0.1) is 0 Å². The van der Waals surface area contributed by atoms with Gasteiger partial charge in [-0.05, 0) is 18.2 Å². The first-order valence-electron chi connectivity index (χ1n) is 6.46. The predicted molar refractivity (Wildman–Crippen MR) is 71.8 cm³/mol. The standard InChI is InChI=1S/C14H22F2N2O/c1-5-17-8-10-6-11(14(2,3)4)18-13(7-10)19-9-12(15)16/h6-7,12,17H,5,8-9H2,1-4H3. The summed E-state index contributed by atoms with van der Waals surface area (Å²) in [7, 11) is 0. The number of pyridine rings is 1. The van der Waals surface area contributed by atoms with E-state index in [-0.39, 0.29) is 11.3 Å². The fourth-order valence-corrected chi connectivity index (χ4v) is 1.54. The van der Waals surface area contributed by atoms with Crippen LogP contribution in [0.1, 0.15) is 39.0 Å². The van der Waals surface area contributed by atoms with Crippen molar-refractivity contribution in [3.63, 3.8) is 0 Å². The summed E-state index contributed by atoms with van der Waals surface area (Å²) in [6, 6.07) is 3.69. The Morgan fingerprint density at radius 2 is 2.00 bits per heavy atom. The van der Waals surface area contributed by atoms with Crippen LogP contribution in [0.5, 0.6) is 5.88 Å². The minimum atomic E-state index is -2.49. The van der Waals surface area contributed by atoms with Gasteiger partial charge in [0.05, 0.1) is 5.69 Å². The molecule has 0 saturated heterocycles. The Hall–Kier alpha value is -1.23. The second kappa shape index (κ2) is 6.80. The molecule has 5 heteroatoms. The number of nitrogens with zero attached hydrogens (tertiary/aromatic N) is 1. The molecule has 0 aliphatic carbocycles. The molecule has 0 unspecified atom stereocenters. The third-order valence-corrected chi connectivity index (χ3v) is 2.57. The van der Waals surface area contributed by atoms with Gasteiger partial charge in [0.2, 0.25) is 5.88 Å². The normalized spacial score (nSPS) is 11.9. The van der Waals surface area contributed by atoms with E-state index in [0.717, 1.165) is 17.8 Å². The molecule has 0 saturated carbocycles. The van der Waals surface area contributed by atoms with E-state index in [9.17, 15) is 8.78 Å². The van der Waals surface area contributed by atoms with Crippen LogP contribution < -0.4 is 10.1 Å². The molecule has 3 nitrogen and oxygen atoms in total. The number of halogens is 2. The van der Waals surface area contributed by atoms with Crippen LogP contribution in [0, 0.1) is 0 Å². The lowest BCUT2D eigenvalue weighted by atomic mass is 9.91. The monoisotopic (exact) mass is 272 g/mol. The summed E-state index contributed by atoms with van der Waals surface area (Å²) >= 11 is 0. The van der Waals surface area contributed by atoms with Gasteiger partial charge in [-0.25, -0.2) is 13.8 Å². The molecular weight excluding hydrogens is 250 g/mol. The van der Waals surface area contributed by atoms with Crippen molar-refractivity contribution in [3.05, 3.63) is 23.4 Å². The topological polar surface area (TPSA) is 34.1 Å². The van der Waals surface area contributed by atoms with Crippen molar-refractivity contribution in [2.75, 3.05) is 13.2 Å². The maximum absolute atomic E-state index is 12.2. The summed E-state index contributed by atoms with van der Waals surface area (Å²) in [5, 5.41) is 3.20. The molecule has 1 aromatic heterocycles. The molecule has 1 heterocycles. The Morgan fingerprint density at radius 1 is 1.32 bits per heavy atom. The summed E-state index contributed by atoms with van der Waals surface area (Å²) < 4.78 is 29.4. The van der Waals surface area contributed by atoms with Gasteiger partial charge in [-0.3, -0.25) is 0 Å². The van der Waals surface area contributed by atoms with Gasteiger partial charge in [-0.2, -0.15) is 0 Å². The highest BCUT2D eigenvalue weighted by Gasteiger charge is 2.18. The molecule has 0 bridgehead atoms. The zero-order valence-electron chi connectivity index (χ0n) is 12.0. The number of hydrogen-bond acceptors (Lipinski definition) is 3. The van der Waals surface area contributed by atoms with Crippen molar-refractivity contribution in [1.82, 2.24) is 10.3 Å². The SMILES string of the molecule is CCNCc1cc(OCC(F)F)nc(C(C)(C)C)c1. The molecule has 0 fully saturated rings. The van der Waals surface area contributed by atoms with Gasteiger partial charge >= 0.3 is 0 Å².